The molecule has 20 heavy (non-hydrogen) atoms. The van der Waals surface area contributed by atoms with E-state index in [9.17, 15) is 4.79 Å². The molecule has 108 valence electrons. The van der Waals surface area contributed by atoms with Crippen LogP contribution in [-0.4, -0.2) is 46.6 Å². The molecule has 0 unspecified atom stereocenters. The highest BCUT2D eigenvalue weighted by Gasteiger charge is 2.21. The number of ether oxygens (including phenoxy) is 1. The summed E-state index contributed by atoms with van der Waals surface area (Å²) in [6.45, 7) is 7.76. The Morgan fingerprint density at radius 1 is 1.40 bits per heavy atom. The molecule has 5 heteroatoms. The Labute approximate surface area is 119 Å². The molecule has 0 bridgehead atoms. The van der Waals surface area contributed by atoms with Crippen LogP contribution in [0.25, 0.3) is 11.0 Å². The number of benzene rings is 1. The number of hydrogen-bond acceptors (Lipinski definition) is 4. The fraction of sp³-hybridized carbons (Fsp3) is 0.467. The lowest BCUT2D eigenvalue weighted by Gasteiger charge is -2.25. The zero-order valence-electron chi connectivity index (χ0n) is 12.5. The number of rotatable bonds is 5. The molecule has 1 aromatic carbocycles. The molecule has 0 saturated carbocycles. The lowest BCUT2D eigenvalue weighted by atomic mass is 10.2. The lowest BCUT2D eigenvalue weighted by molar-refractivity contribution is 0.0768. The van der Waals surface area contributed by atoms with Crippen molar-refractivity contribution in [2.24, 2.45) is 0 Å². The van der Waals surface area contributed by atoms with E-state index in [-0.39, 0.29) is 11.9 Å². The first-order chi connectivity index (χ1) is 9.62. The van der Waals surface area contributed by atoms with Gasteiger partial charge >= 0.3 is 0 Å². The van der Waals surface area contributed by atoms with E-state index in [4.69, 9.17) is 4.74 Å². The van der Waals surface area contributed by atoms with Crippen molar-refractivity contribution >= 4 is 16.9 Å². The molecule has 2 rings (SSSR count). The minimum atomic E-state index is -0.162. The second-order valence-corrected chi connectivity index (χ2v) is 4.70. The van der Waals surface area contributed by atoms with Crippen LogP contribution in [0.5, 0.6) is 5.75 Å². The van der Waals surface area contributed by atoms with E-state index in [1.807, 2.05) is 25.1 Å². The summed E-state index contributed by atoms with van der Waals surface area (Å²) in [7, 11) is 1.62. The summed E-state index contributed by atoms with van der Waals surface area (Å²) in [5, 5.41) is 0. The van der Waals surface area contributed by atoms with E-state index >= 15 is 0 Å². The number of likely N-dealkylation sites (N-methyl/N-ethyl adjacent to an activating group) is 1. The normalized spacial score (nSPS) is 12.8. The maximum absolute atomic E-state index is 12.6. The van der Waals surface area contributed by atoms with Gasteiger partial charge in [-0.05, 0) is 32.1 Å². The highest BCUT2D eigenvalue weighted by molar-refractivity contribution is 5.93. The van der Waals surface area contributed by atoms with Crippen LogP contribution in [0.3, 0.4) is 0 Å². The largest absolute Gasteiger partial charge is 0.497 e. The number of fused-ring (bicyclic) bond motifs is 1. The van der Waals surface area contributed by atoms with E-state index in [1.165, 1.54) is 0 Å². The molecule has 0 amide bonds. The van der Waals surface area contributed by atoms with Gasteiger partial charge in [-0.1, -0.05) is 13.8 Å². The van der Waals surface area contributed by atoms with Crippen molar-refractivity contribution in [3.05, 3.63) is 24.5 Å². The van der Waals surface area contributed by atoms with E-state index < -0.39 is 0 Å². The fourth-order valence-electron chi connectivity index (χ4n) is 2.42. The third-order valence-corrected chi connectivity index (χ3v) is 3.71. The number of methoxy groups -OCH3 is 1. The molecule has 0 fully saturated rings. The zero-order valence-corrected chi connectivity index (χ0v) is 12.5. The molecule has 0 aliphatic rings. The maximum Gasteiger partial charge on any atom is 0.249 e. The Hall–Kier alpha value is -1.88. The van der Waals surface area contributed by atoms with Crippen LogP contribution in [0.15, 0.2) is 24.5 Å². The summed E-state index contributed by atoms with van der Waals surface area (Å²) < 4.78 is 6.79. The van der Waals surface area contributed by atoms with Gasteiger partial charge < -0.3 is 4.74 Å². The summed E-state index contributed by atoms with van der Waals surface area (Å²) >= 11 is 0. The van der Waals surface area contributed by atoms with Gasteiger partial charge in [0.2, 0.25) is 5.91 Å². The zero-order chi connectivity index (χ0) is 14.7. The molecule has 1 aromatic heterocycles. The van der Waals surface area contributed by atoms with Crippen molar-refractivity contribution in [1.82, 2.24) is 14.5 Å². The molecular formula is C15H21N3O2. The van der Waals surface area contributed by atoms with Crippen molar-refractivity contribution in [3.63, 3.8) is 0 Å². The van der Waals surface area contributed by atoms with Gasteiger partial charge in [0.1, 0.15) is 12.1 Å². The average molecular weight is 275 g/mol. The summed E-state index contributed by atoms with van der Waals surface area (Å²) in [5.74, 6) is 0.786. The van der Waals surface area contributed by atoms with Crippen LogP contribution in [0.4, 0.5) is 0 Å². The summed E-state index contributed by atoms with van der Waals surface area (Å²) in [4.78, 5) is 19.0. The monoisotopic (exact) mass is 275 g/mol. The molecule has 2 aromatic rings. The maximum atomic E-state index is 12.6. The molecule has 0 spiro atoms. The Kier molecular flexibility index (Phi) is 4.39. The predicted molar refractivity (Wildman–Crippen MR) is 79.3 cm³/mol. The van der Waals surface area contributed by atoms with Gasteiger partial charge in [0.15, 0.2) is 0 Å². The van der Waals surface area contributed by atoms with Crippen LogP contribution in [0.1, 0.15) is 25.6 Å². The third-order valence-electron chi connectivity index (χ3n) is 3.71. The quantitative estimate of drug-likeness (QED) is 0.840. The Bertz CT molecular complexity index is 602. The van der Waals surface area contributed by atoms with Crippen molar-refractivity contribution < 1.29 is 9.53 Å². The molecular weight excluding hydrogens is 254 g/mol. The van der Waals surface area contributed by atoms with Gasteiger partial charge in [-0.2, -0.15) is 0 Å². The minimum absolute atomic E-state index is 0.0429. The Balaban J connectivity index is 2.35. The first-order valence-electron chi connectivity index (χ1n) is 6.91. The SMILES string of the molecule is CCN(CC)[C@H](C)C(=O)n1cnc2cc(OC)ccc21. The van der Waals surface area contributed by atoms with Crippen molar-refractivity contribution in [2.45, 2.75) is 26.8 Å². The van der Waals surface area contributed by atoms with Crippen molar-refractivity contribution in [3.8, 4) is 5.75 Å². The number of hydrogen-bond donors (Lipinski definition) is 0. The molecule has 0 saturated heterocycles. The lowest BCUT2D eigenvalue weighted by Crippen LogP contribution is -2.41. The van der Waals surface area contributed by atoms with Gasteiger partial charge in [-0.15, -0.1) is 0 Å². The number of imidazole rings is 1. The highest BCUT2D eigenvalue weighted by Crippen LogP contribution is 2.20. The first kappa shape index (κ1) is 14.5. The third kappa shape index (κ3) is 2.54. The van der Waals surface area contributed by atoms with Crippen LogP contribution >= 0.6 is 0 Å². The molecule has 0 aliphatic heterocycles. The number of carbonyl (C=O) groups is 1. The number of carbonyl (C=O) groups excluding carboxylic acids is 1. The summed E-state index contributed by atoms with van der Waals surface area (Å²) in [6, 6.07) is 5.38. The topological polar surface area (TPSA) is 47.4 Å². The van der Waals surface area contributed by atoms with E-state index in [1.54, 1.807) is 18.0 Å². The molecule has 1 atom stereocenters. The van der Waals surface area contributed by atoms with Crippen LogP contribution in [-0.2, 0) is 0 Å². The van der Waals surface area contributed by atoms with E-state index in [0.717, 1.165) is 29.9 Å². The van der Waals surface area contributed by atoms with Gasteiger partial charge in [0.25, 0.3) is 0 Å². The smallest absolute Gasteiger partial charge is 0.249 e. The molecule has 0 aliphatic carbocycles. The van der Waals surface area contributed by atoms with Gasteiger partial charge in [-0.3, -0.25) is 14.3 Å². The van der Waals surface area contributed by atoms with Gasteiger partial charge in [0.05, 0.1) is 24.2 Å². The van der Waals surface area contributed by atoms with E-state index in [2.05, 4.69) is 23.7 Å². The van der Waals surface area contributed by atoms with Crippen LogP contribution < -0.4 is 4.74 Å². The molecule has 1 heterocycles. The van der Waals surface area contributed by atoms with Crippen molar-refractivity contribution in [1.29, 1.82) is 0 Å². The number of nitrogens with zero attached hydrogens (tertiary/aromatic N) is 3. The minimum Gasteiger partial charge on any atom is -0.497 e. The van der Waals surface area contributed by atoms with Crippen molar-refractivity contribution in [2.75, 3.05) is 20.2 Å². The Morgan fingerprint density at radius 2 is 2.10 bits per heavy atom. The second kappa shape index (κ2) is 6.05. The summed E-state index contributed by atoms with van der Waals surface area (Å²) in [5.41, 5.74) is 1.58. The van der Waals surface area contributed by atoms with Gasteiger partial charge in [-0.25, -0.2) is 4.98 Å². The highest BCUT2D eigenvalue weighted by atomic mass is 16.5. The average Bonchev–Trinajstić information content (AvgIpc) is 2.90. The molecule has 0 N–H and O–H groups in total. The van der Waals surface area contributed by atoms with Gasteiger partial charge in [0, 0.05) is 6.07 Å². The Morgan fingerprint density at radius 3 is 2.70 bits per heavy atom. The second-order valence-electron chi connectivity index (χ2n) is 4.70. The summed E-state index contributed by atoms with van der Waals surface area (Å²) in [6.07, 6.45) is 1.59. The van der Waals surface area contributed by atoms with Crippen LogP contribution in [0, 0.1) is 0 Å². The fourth-order valence-corrected chi connectivity index (χ4v) is 2.42. The predicted octanol–water partition coefficient (Wildman–Crippen LogP) is 2.42. The molecule has 0 radical (unpaired) electrons. The molecule has 5 nitrogen and oxygen atoms in total. The van der Waals surface area contributed by atoms with E-state index in [0.29, 0.717) is 0 Å². The van der Waals surface area contributed by atoms with Crippen LogP contribution in [0.2, 0.25) is 0 Å². The first-order valence-corrected chi connectivity index (χ1v) is 6.91. The standard InChI is InChI=1S/C15H21N3O2/c1-5-17(6-2)11(3)15(19)18-10-16-13-9-12(20-4)7-8-14(13)18/h7-11H,5-6H2,1-4H3/t11-/m1/s1. The number of aromatic nitrogens is 2.